The van der Waals surface area contributed by atoms with Gasteiger partial charge in [0.2, 0.25) is 0 Å². The lowest BCUT2D eigenvalue weighted by Crippen LogP contribution is -2.19. The Morgan fingerprint density at radius 2 is 1.77 bits per heavy atom. The molecule has 6 nitrogen and oxygen atoms in total. The second-order valence-corrected chi connectivity index (χ2v) is 6.32. The quantitative estimate of drug-likeness (QED) is 0.451. The summed E-state index contributed by atoms with van der Waals surface area (Å²) in [6.45, 7) is 7.81. The van der Waals surface area contributed by atoms with Crippen LogP contribution in [0.2, 0.25) is 0 Å². The fourth-order valence-electron chi connectivity index (χ4n) is 2.25. The van der Waals surface area contributed by atoms with Crippen molar-refractivity contribution >= 4 is 17.8 Å². The van der Waals surface area contributed by atoms with E-state index in [1.807, 2.05) is 45.9 Å². The molecule has 6 heteroatoms. The molecule has 0 unspecified atom stereocenters. The van der Waals surface area contributed by atoms with Crippen molar-refractivity contribution in [3.63, 3.8) is 0 Å². The van der Waals surface area contributed by atoms with Crippen molar-refractivity contribution in [3.8, 4) is 11.5 Å². The molecule has 0 aliphatic rings. The minimum atomic E-state index is -0.370. The number of carbonyl (C=O) groups excluding carboxylic acids is 1. The molecule has 0 heterocycles. The van der Waals surface area contributed by atoms with Crippen LogP contribution in [0, 0.1) is 0 Å². The molecule has 0 radical (unpaired) electrons. The number of amides is 1. The Kier molecular flexibility index (Phi) is 6.60. The minimum absolute atomic E-state index is 0.00448. The number of para-hydroxylation sites is 1. The normalized spacial score (nSPS) is 11.2. The van der Waals surface area contributed by atoms with E-state index in [-0.39, 0.29) is 18.1 Å². The average molecular weight is 355 g/mol. The largest absolute Gasteiger partial charge is 0.491 e. The molecule has 0 aromatic heterocycles. The fourth-order valence-corrected chi connectivity index (χ4v) is 2.25. The van der Waals surface area contributed by atoms with Crippen LogP contribution in [0.1, 0.15) is 43.6 Å². The summed E-state index contributed by atoms with van der Waals surface area (Å²) in [6, 6.07) is 12.3. The van der Waals surface area contributed by atoms with Gasteiger partial charge in [-0.05, 0) is 52.0 Å². The summed E-state index contributed by atoms with van der Waals surface area (Å²) in [5.41, 5.74) is 9.79. The minimum Gasteiger partial charge on any atom is -0.491 e. The van der Waals surface area contributed by atoms with Crippen LogP contribution >= 0.6 is 0 Å². The Bertz CT molecular complexity index is 786. The Morgan fingerprint density at radius 3 is 2.42 bits per heavy atom. The Hall–Kier alpha value is -3.02. The number of hydrogen-bond acceptors (Lipinski definition) is 5. The van der Waals surface area contributed by atoms with Gasteiger partial charge in [0.25, 0.3) is 5.91 Å². The first-order chi connectivity index (χ1) is 12.4. The van der Waals surface area contributed by atoms with Crippen LogP contribution in [-0.2, 0) is 0 Å². The molecule has 0 fully saturated rings. The molecular weight excluding hydrogens is 330 g/mol. The topological polar surface area (TPSA) is 85.9 Å². The second kappa shape index (κ2) is 8.89. The predicted molar refractivity (Wildman–Crippen MR) is 104 cm³/mol. The first-order valence-corrected chi connectivity index (χ1v) is 8.52. The van der Waals surface area contributed by atoms with Gasteiger partial charge in [0.15, 0.2) is 0 Å². The molecule has 26 heavy (non-hydrogen) atoms. The third-order valence-corrected chi connectivity index (χ3v) is 3.29. The highest BCUT2D eigenvalue weighted by Crippen LogP contribution is 2.25. The summed E-state index contributed by atoms with van der Waals surface area (Å²) in [5, 5.41) is 4.02. The van der Waals surface area contributed by atoms with Gasteiger partial charge in [0.1, 0.15) is 11.5 Å². The number of nitrogens with two attached hydrogens (primary N) is 1. The van der Waals surface area contributed by atoms with Crippen LogP contribution in [0.3, 0.4) is 0 Å². The highest BCUT2D eigenvalue weighted by molar-refractivity contribution is 5.99. The number of rotatable bonds is 7. The third-order valence-electron chi connectivity index (χ3n) is 3.29. The van der Waals surface area contributed by atoms with E-state index in [1.54, 1.807) is 24.3 Å². The number of nitrogens with zero attached hydrogens (tertiary/aromatic N) is 1. The van der Waals surface area contributed by atoms with Crippen molar-refractivity contribution < 1.29 is 14.3 Å². The summed E-state index contributed by atoms with van der Waals surface area (Å²) in [4.78, 5) is 12.1. The summed E-state index contributed by atoms with van der Waals surface area (Å²) in [6.07, 6.45) is 1.60. The SMILES string of the molecule is CC(C)Oc1ccc(/C=N\NC(=O)c2ccccc2N)c(OC(C)C)c1. The van der Waals surface area contributed by atoms with Gasteiger partial charge in [-0.15, -0.1) is 0 Å². The molecule has 1 amide bonds. The number of carbonyl (C=O) groups is 1. The lowest BCUT2D eigenvalue weighted by atomic mass is 10.2. The van der Waals surface area contributed by atoms with Crippen LogP contribution in [0.4, 0.5) is 5.69 Å². The number of ether oxygens (including phenoxy) is 2. The van der Waals surface area contributed by atoms with Crippen LogP contribution < -0.4 is 20.6 Å². The van der Waals surface area contributed by atoms with Gasteiger partial charge in [-0.3, -0.25) is 4.79 Å². The smallest absolute Gasteiger partial charge is 0.273 e. The van der Waals surface area contributed by atoms with Crippen molar-refractivity contribution in [2.45, 2.75) is 39.9 Å². The van der Waals surface area contributed by atoms with Gasteiger partial charge in [-0.1, -0.05) is 12.1 Å². The maximum Gasteiger partial charge on any atom is 0.273 e. The van der Waals surface area contributed by atoms with E-state index in [4.69, 9.17) is 15.2 Å². The zero-order valence-corrected chi connectivity index (χ0v) is 15.5. The van der Waals surface area contributed by atoms with E-state index in [9.17, 15) is 4.79 Å². The second-order valence-electron chi connectivity index (χ2n) is 6.32. The molecule has 0 spiro atoms. The van der Waals surface area contributed by atoms with Crippen molar-refractivity contribution in [2.24, 2.45) is 5.10 Å². The first kappa shape index (κ1) is 19.3. The Morgan fingerprint density at radius 1 is 1.08 bits per heavy atom. The predicted octanol–water partition coefficient (Wildman–Crippen LogP) is 3.61. The van der Waals surface area contributed by atoms with Gasteiger partial charge in [-0.25, -0.2) is 5.43 Å². The van der Waals surface area contributed by atoms with Crippen LogP contribution in [0.5, 0.6) is 11.5 Å². The monoisotopic (exact) mass is 355 g/mol. The molecule has 0 aliphatic heterocycles. The van der Waals surface area contributed by atoms with Gasteiger partial charge in [-0.2, -0.15) is 5.10 Å². The third kappa shape index (κ3) is 5.51. The highest BCUT2D eigenvalue weighted by Gasteiger charge is 2.09. The Labute approximate surface area is 154 Å². The fraction of sp³-hybridized carbons (Fsp3) is 0.300. The van der Waals surface area contributed by atoms with Crippen molar-refractivity contribution in [3.05, 3.63) is 53.6 Å². The zero-order chi connectivity index (χ0) is 19.1. The van der Waals surface area contributed by atoms with E-state index in [0.717, 1.165) is 5.56 Å². The average Bonchev–Trinajstić information content (AvgIpc) is 2.56. The van der Waals surface area contributed by atoms with Gasteiger partial charge in [0.05, 0.1) is 24.0 Å². The maximum absolute atomic E-state index is 12.1. The molecule has 2 aromatic carbocycles. The molecule has 0 aliphatic carbocycles. The van der Waals surface area contributed by atoms with E-state index >= 15 is 0 Å². The lowest BCUT2D eigenvalue weighted by Gasteiger charge is -2.15. The number of nitrogens with one attached hydrogen (secondary N) is 1. The van der Waals surface area contributed by atoms with E-state index in [1.165, 1.54) is 6.21 Å². The van der Waals surface area contributed by atoms with Crippen LogP contribution in [0.25, 0.3) is 0 Å². The summed E-state index contributed by atoms with van der Waals surface area (Å²) < 4.78 is 11.5. The molecule has 2 aromatic rings. The van der Waals surface area contributed by atoms with Crippen molar-refractivity contribution in [2.75, 3.05) is 5.73 Å². The maximum atomic E-state index is 12.1. The lowest BCUT2D eigenvalue weighted by molar-refractivity contribution is 0.0956. The number of hydrogen-bond donors (Lipinski definition) is 2. The molecule has 138 valence electrons. The van der Waals surface area contributed by atoms with Gasteiger partial charge < -0.3 is 15.2 Å². The number of nitrogen functional groups attached to an aromatic ring is 1. The molecule has 2 rings (SSSR count). The molecular formula is C20H25N3O3. The molecule has 0 saturated carbocycles. The van der Waals surface area contributed by atoms with E-state index < -0.39 is 0 Å². The van der Waals surface area contributed by atoms with Crippen LogP contribution in [0.15, 0.2) is 47.6 Å². The number of hydrazone groups is 1. The van der Waals surface area contributed by atoms with Gasteiger partial charge in [0, 0.05) is 17.3 Å². The summed E-state index contributed by atoms with van der Waals surface area (Å²) in [5.74, 6) is 0.981. The van der Waals surface area contributed by atoms with Gasteiger partial charge >= 0.3 is 0 Å². The van der Waals surface area contributed by atoms with E-state index in [0.29, 0.717) is 22.7 Å². The summed E-state index contributed by atoms with van der Waals surface area (Å²) in [7, 11) is 0. The standard InChI is InChI=1S/C20H25N3O3/c1-13(2)25-16-10-9-15(19(11-16)26-14(3)4)12-22-23-20(24)17-7-5-6-8-18(17)21/h5-14H,21H2,1-4H3,(H,23,24)/b22-12-. The number of anilines is 1. The van der Waals surface area contributed by atoms with Crippen molar-refractivity contribution in [1.29, 1.82) is 0 Å². The molecule has 0 saturated heterocycles. The summed E-state index contributed by atoms with van der Waals surface area (Å²) >= 11 is 0. The van der Waals surface area contributed by atoms with Crippen molar-refractivity contribution in [1.82, 2.24) is 5.43 Å². The number of benzene rings is 2. The zero-order valence-electron chi connectivity index (χ0n) is 15.5. The molecule has 0 bridgehead atoms. The molecule has 3 N–H and O–H groups in total. The Balaban J connectivity index is 2.15. The highest BCUT2D eigenvalue weighted by atomic mass is 16.5. The van der Waals surface area contributed by atoms with Crippen LogP contribution in [-0.4, -0.2) is 24.3 Å². The first-order valence-electron chi connectivity index (χ1n) is 8.52. The molecule has 0 atom stereocenters. The van der Waals surface area contributed by atoms with E-state index in [2.05, 4.69) is 10.5 Å².